The number of carbonyl (C=O) groups is 1. The molecule has 0 spiro atoms. The van der Waals surface area contributed by atoms with Gasteiger partial charge in [0.1, 0.15) is 23.9 Å². The molecule has 1 aliphatic rings. The van der Waals surface area contributed by atoms with Crippen LogP contribution in [0.4, 0.5) is 4.39 Å². The Morgan fingerprint density at radius 1 is 1.19 bits per heavy atom. The molecule has 27 heavy (non-hydrogen) atoms. The number of likely N-dealkylation sites (tertiary alicyclic amines) is 1. The maximum Gasteiger partial charge on any atom is 0.237 e. The van der Waals surface area contributed by atoms with Crippen LogP contribution in [0.3, 0.4) is 0 Å². The van der Waals surface area contributed by atoms with Crippen molar-refractivity contribution in [3.05, 3.63) is 59.9 Å². The van der Waals surface area contributed by atoms with Crippen LogP contribution in [0.1, 0.15) is 18.4 Å². The number of nitrogens with one attached hydrogen (secondary N) is 1. The number of methoxy groups -OCH3 is 1. The SMILES string of the molecule is COc1ccc(OCCNC(=O)C2CCCN2Cc2ccccc2F)cc1. The molecular weight excluding hydrogens is 347 g/mol. The lowest BCUT2D eigenvalue weighted by atomic mass is 10.1. The molecule has 2 aromatic rings. The van der Waals surface area contributed by atoms with Crippen LogP contribution < -0.4 is 14.8 Å². The van der Waals surface area contributed by atoms with E-state index in [9.17, 15) is 9.18 Å². The summed E-state index contributed by atoms with van der Waals surface area (Å²) in [5.41, 5.74) is 0.625. The zero-order chi connectivity index (χ0) is 19.1. The first-order valence-corrected chi connectivity index (χ1v) is 9.19. The van der Waals surface area contributed by atoms with Gasteiger partial charge in [0.2, 0.25) is 5.91 Å². The van der Waals surface area contributed by atoms with Crippen molar-refractivity contribution < 1.29 is 18.7 Å². The van der Waals surface area contributed by atoms with Gasteiger partial charge in [0, 0.05) is 12.1 Å². The minimum Gasteiger partial charge on any atom is -0.497 e. The summed E-state index contributed by atoms with van der Waals surface area (Å²) in [6.45, 7) is 2.06. The first-order chi connectivity index (χ1) is 13.2. The highest BCUT2D eigenvalue weighted by Gasteiger charge is 2.30. The van der Waals surface area contributed by atoms with E-state index in [2.05, 4.69) is 5.32 Å². The van der Waals surface area contributed by atoms with E-state index < -0.39 is 0 Å². The summed E-state index contributed by atoms with van der Waals surface area (Å²) in [6, 6.07) is 13.8. The largest absolute Gasteiger partial charge is 0.497 e. The third kappa shape index (κ3) is 5.20. The lowest BCUT2D eigenvalue weighted by Crippen LogP contribution is -2.44. The number of amides is 1. The fourth-order valence-corrected chi connectivity index (χ4v) is 3.29. The van der Waals surface area contributed by atoms with Gasteiger partial charge in [0.05, 0.1) is 19.7 Å². The van der Waals surface area contributed by atoms with Crippen molar-refractivity contribution in [2.75, 3.05) is 26.8 Å². The van der Waals surface area contributed by atoms with E-state index in [0.29, 0.717) is 25.3 Å². The Bertz CT molecular complexity index is 751. The predicted octanol–water partition coefficient (Wildman–Crippen LogP) is 2.99. The van der Waals surface area contributed by atoms with Crippen molar-refractivity contribution >= 4 is 5.91 Å². The molecule has 1 N–H and O–H groups in total. The molecular formula is C21H25FN2O3. The molecule has 0 radical (unpaired) electrons. The summed E-state index contributed by atoms with van der Waals surface area (Å²) in [5, 5.41) is 2.92. The van der Waals surface area contributed by atoms with Crippen LogP contribution in [0.15, 0.2) is 48.5 Å². The highest BCUT2D eigenvalue weighted by atomic mass is 19.1. The van der Waals surface area contributed by atoms with Crippen LogP contribution in [0.2, 0.25) is 0 Å². The average molecular weight is 372 g/mol. The number of ether oxygens (including phenoxy) is 2. The molecule has 0 aromatic heterocycles. The second kappa shape index (κ2) is 9.37. The Balaban J connectivity index is 1.44. The molecule has 6 heteroatoms. The zero-order valence-corrected chi connectivity index (χ0v) is 15.5. The third-order valence-corrected chi connectivity index (χ3v) is 4.73. The number of halogens is 1. The molecule has 5 nitrogen and oxygen atoms in total. The van der Waals surface area contributed by atoms with E-state index in [1.807, 2.05) is 35.2 Å². The summed E-state index contributed by atoms with van der Waals surface area (Å²) < 4.78 is 24.6. The number of hydrogen-bond acceptors (Lipinski definition) is 4. The smallest absolute Gasteiger partial charge is 0.237 e. The van der Waals surface area contributed by atoms with Gasteiger partial charge in [-0.05, 0) is 49.7 Å². The molecule has 1 unspecified atom stereocenters. The Kier molecular flexibility index (Phi) is 6.65. The molecule has 1 saturated heterocycles. The van der Waals surface area contributed by atoms with Crippen LogP contribution in [0.25, 0.3) is 0 Å². The summed E-state index contributed by atoms with van der Waals surface area (Å²) >= 11 is 0. The summed E-state index contributed by atoms with van der Waals surface area (Å²) in [6.07, 6.45) is 1.73. The molecule has 0 aliphatic carbocycles. The lowest BCUT2D eigenvalue weighted by molar-refractivity contribution is -0.125. The molecule has 3 rings (SSSR count). The fourth-order valence-electron chi connectivity index (χ4n) is 3.29. The van der Waals surface area contributed by atoms with Gasteiger partial charge in [-0.2, -0.15) is 0 Å². The first-order valence-electron chi connectivity index (χ1n) is 9.19. The van der Waals surface area contributed by atoms with Gasteiger partial charge in [0.25, 0.3) is 0 Å². The van der Waals surface area contributed by atoms with Gasteiger partial charge >= 0.3 is 0 Å². The summed E-state index contributed by atoms with van der Waals surface area (Å²) in [4.78, 5) is 14.5. The van der Waals surface area contributed by atoms with Gasteiger partial charge < -0.3 is 14.8 Å². The third-order valence-electron chi connectivity index (χ3n) is 4.73. The Morgan fingerprint density at radius 3 is 2.67 bits per heavy atom. The number of benzene rings is 2. The first kappa shape index (κ1) is 19.2. The Morgan fingerprint density at radius 2 is 1.93 bits per heavy atom. The molecule has 144 valence electrons. The molecule has 2 aromatic carbocycles. The molecule has 1 aliphatic heterocycles. The van der Waals surface area contributed by atoms with Gasteiger partial charge in [0.15, 0.2) is 0 Å². The average Bonchev–Trinajstić information content (AvgIpc) is 3.15. The van der Waals surface area contributed by atoms with Gasteiger partial charge in [-0.1, -0.05) is 18.2 Å². The van der Waals surface area contributed by atoms with E-state index in [0.717, 1.165) is 30.9 Å². The number of carbonyl (C=O) groups excluding carboxylic acids is 1. The molecule has 1 fully saturated rings. The van der Waals surface area contributed by atoms with Crippen molar-refractivity contribution in [2.24, 2.45) is 0 Å². The number of nitrogens with zero attached hydrogens (tertiary/aromatic N) is 1. The molecule has 1 amide bonds. The zero-order valence-electron chi connectivity index (χ0n) is 15.5. The quantitative estimate of drug-likeness (QED) is 0.724. The van der Waals surface area contributed by atoms with Crippen molar-refractivity contribution in [1.29, 1.82) is 0 Å². The van der Waals surface area contributed by atoms with Gasteiger partial charge in [-0.25, -0.2) is 4.39 Å². The van der Waals surface area contributed by atoms with E-state index >= 15 is 0 Å². The maximum atomic E-state index is 13.9. The maximum absolute atomic E-state index is 13.9. The van der Waals surface area contributed by atoms with Gasteiger partial charge in [-0.3, -0.25) is 9.69 Å². The van der Waals surface area contributed by atoms with Crippen LogP contribution in [0.5, 0.6) is 11.5 Å². The normalized spacial score (nSPS) is 16.9. The minimum atomic E-state index is -0.226. The topological polar surface area (TPSA) is 50.8 Å². The fraction of sp³-hybridized carbons (Fsp3) is 0.381. The second-order valence-electron chi connectivity index (χ2n) is 6.53. The summed E-state index contributed by atoms with van der Waals surface area (Å²) in [7, 11) is 1.61. The van der Waals surface area contributed by atoms with E-state index in [1.54, 1.807) is 19.2 Å². The Hall–Kier alpha value is -2.60. The van der Waals surface area contributed by atoms with Crippen molar-refractivity contribution in [2.45, 2.75) is 25.4 Å². The monoisotopic (exact) mass is 372 g/mol. The van der Waals surface area contributed by atoms with Crippen LogP contribution in [0, 0.1) is 5.82 Å². The number of hydrogen-bond donors (Lipinski definition) is 1. The number of rotatable bonds is 8. The highest BCUT2D eigenvalue weighted by molar-refractivity contribution is 5.82. The van der Waals surface area contributed by atoms with E-state index in [1.165, 1.54) is 6.07 Å². The lowest BCUT2D eigenvalue weighted by Gasteiger charge is -2.24. The highest BCUT2D eigenvalue weighted by Crippen LogP contribution is 2.21. The van der Waals surface area contributed by atoms with Crippen molar-refractivity contribution in [3.8, 4) is 11.5 Å². The molecule has 0 bridgehead atoms. The van der Waals surface area contributed by atoms with Crippen LogP contribution in [-0.4, -0.2) is 43.7 Å². The van der Waals surface area contributed by atoms with Crippen molar-refractivity contribution in [1.82, 2.24) is 10.2 Å². The summed E-state index contributed by atoms with van der Waals surface area (Å²) in [5.74, 6) is 1.25. The van der Waals surface area contributed by atoms with E-state index in [-0.39, 0.29) is 17.8 Å². The molecule has 1 atom stereocenters. The van der Waals surface area contributed by atoms with E-state index in [4.69, 9.17) is 9.47 Å². The van der Waals surface area contributed by atoms with Crippen LogP contribution >= 0.6 is 0 Å². The van der Waals surface area contributed by atoms with Crippen molar-refractivity contribution in [3.63, 3.8) is 0 Å². The van der Waals surface area contributed by atoms with Crippen LogP contribution in [-0.2, 0) is 11.3 Å². The van der Waals surface area contributed by atoms with Gasteiger partial charge in [-0.15, -0.1) is 0 Å². The Labute approximate surface area is 159 Å². The molecule has 0 saturated carbocycles. The second-order valence-corrected chi connectivity index (χ2v) is 6.53. The standard InChI is InChI=1S/C21H25FN2O3/c1-26-17-8-10-18(11-9-17)27-14-12-23-21(25)20-7-4-13-24(20)15-16-5-2-3-6-19(16)22/h2-3,5-6,8-11,20H,4,7,12-15H2,1H3,(H,23,25). The minimum absolute atomic E-state index is 0.0258. The predicted molar refractivity (Wildman–Crippen MR) is 101 cm³/mol. The molecule has 1 heterocycles.